The van der Waals surface area contributed by atoms with E-state index in [1.54, 1.807) is 28.4 Å². The SMILES string of the molecule is COc1ccc(C(O)(c2ccc(OC)cc2)[C@@H]2CCCN2Cc2cccc(CN3CCC[C@H]3C(O)(c3ccc(OC)cc3)c3ccc(OC)cc3)n2)cc1. The van der Waals surface area contributed by atoms with Crippen LogP contribution in [0.4, 0.5) is 0 Å². The van der Waals surface area contributed by atoms with Gasteiger partial charge in [0.15, 0.2) is 0 Å². The Balaban J connectivity index is 1.15. The standard InChI is InChI=1S/C45H51N3O6/c1-51-38-20-12-32(13-21-38)44(49,33-14-22-39(52-2)23-15-33)42-10-6-28-47(42)30-36-8-5-9-37(46-36)31-48-29-7-11-43(48)45(50,34-16-24-40(53-3)25-17-34)35-18-26-41(54-4)27-19-35/h5,8-9,12-27,42-43,49-50H,6-7,10-11,28-31H2,1-4H3/t42-,43-/m0/s1. The average Bonchev–Trinajstić information content (AvgIpc) is 3.91. The van der Waals surface area contributed by atoms with Crippen molar-refractivity contribution in [3.05, 3.63) is 149 Å². The third-order valence-electron chi connectivity index (χ3n) is 11.4. The van der Waals surface area contributed by atoms with Crippen LogP contribution in [0.15, 0.2) is 115 Å². The molecule has 0 amide bonds. The zero-order valence-corrected chi connectivity index (χ0v) is 31.7. The fourth-order valence-electron chi connectivity index (χ4n) is 8.58. The van der Waals surface area contributed by atoms with Crippen LogP contribution in [0.2, 0.25) is 0 Å². The summed E-state index contributed by atoms with van der Waals surface area (Å²) in [5.41, 5.74) is 2.60. The highest BCUT2D eigenvalue weighted by molar-refractivity contribution is 5.44. The zero-order chi connectivity index (χ0) is 37.7. The molecule has 4 aromatic carbocycles. The summed E-state index contributed by atoms with van der Waals surface area (Å²) in [5, 5.41) is 25.7. The number of hydrogen-bond donors (Lipinski definition) is 2. The zero-order valence-electron chi connectivity index (χ0n) is 31.7. The van der Waals surface area contributed by atoms with Gasteiger partial charge in [-0.05, 0) is 122 Å². The molecule has 9 nitrogen and oxygen atoms in total. The van der Waals surface area contributed by atoms with Gasteiger partial charge in [0.05, 0.1) is 39.8 Å². The van der Waals surface area contributed by atoms with E-state index in [1.807, 2.05) is 97.1 Å². The van der Waals surface area contributed by atoms with Crippen molar-refractivity contribution in [1.29, 1.82) is 0 Å². The second kappa shape index (κ2) is 16.2. The third kappa shape index (κ3) is 7.29. The molecule has 0 saturated carbocycles. The van der Waals surface area contributed by atoms with Gasteiger partial charge < -0.3 is 29.2 Å². The number of pyridine rings is 1. The van der Waals surface area contributed by atoms with Crippen LogP contribution in [-0.2, 0) is 24.3 Å². The van der Waals surface area contributed by atoms with Gasteiger partial charge in [-0.25, -0.2) is 0 Å². The maximum atomic E-state index is 12.8. The minimum absolute atomic E-state index is 0.184. The van der Waals surface area contributed by atoms with E-state index in [4.69, 9.17) is 23.9 Å². The van der Waals surface area contributed by atoms with Crippen molar-refractivity contribution in [3.63, 3.8) is 0 Å². The molecule has 0 unspecified atom stereocenters. The molecule has 7 rings (SSSR count). The summed E-state index contributed by atoms with van der Waals surface area (Å²) in [6.07, 6.45) is 3.59. The number of methoxy groups -OCH3 is 4. The van der Waals surface area contributed by atoms with Crippen LogP contribution in [0.25, 0.3) is 0 Å². The van der Waals surface area contributed by atoms with Gasteiger partial charge in [-0.3, -0.25) is 14.8 Å². The Morgan fingerprint density at radius 3 is 1.07 bits per heavy atom. The lowest BCUT2D eigenvalue weighted by Gasteiger charge is -2.40. The van der Waals surface area contributed by atoms with Crippen LogP contribution >= 0.6 is 0 Å². The second-order valence-electron chi connectivity index (χ2n) is 14.3. The van der Waals surface area contributed by atoms with Gasteiger partial charge in [-0.1, -0.05) is 54.6 Å². The topological polar surface area (TPSA) is 96.8 Å². The monoisotopic (exact) mass is 729 g/mol. The number of ether oxygens (including phenoxy) is 4. The van der Waals surface area contributed by atoms with Gasteiger partial charge in [0.2, 0.25) is 0 Å². The minimum Gasteiger partial charge on any atom is -0.497 e. The number of aromatic nitrogens is 1. The van der Waals surface area contributed by atoms with Gasteiger partial charge in [-0.15, -0.1) is 0 Å². The second-order valence-corrected chi connectivity index (χ2v) is 14.3. The average molecular weight is 730 g/mol. The van der Waals surface area contributed by atoms with Crippen LogP contribution < -0.4 is 18.9 Å². The summed E-state index contributed by atoms with van der Waals surface area (Å²) in [5.74, 6) is 2.97. The molecule has 2 aliphatic rings. The van der Waals surface area contributed by atoms with Gasteiger partial charge in [0.25, 0.3) is 0 Å². The molecule has 0 aliphatic carbocycles. The molecular weight excluding hydrogens is 679 g/mol. The lowest BCUT2D eigenvalue weighted by atomic mass is 9.79. The third-order valence-corrected chi connectivity index (χ3v) is 11.4. The van der Waals surface area contributed by atoms with Crippen molar-refractivity contribution >= 4 is 0 Å². The summed E-state index contributed by atoms with van der Waals surface area (Å²) in [6, 6.07) is 36.8. The quantitative estimate of drug-likeness (QED) is 0.126. The molecule has 5 aromatic rings. The Kier molecular flexibility index (Phi) is 11.2. The fraction of sp³-hybridized carbons (Fsp3) is 0.356. The molecule has 1 aromatic heterocycles. The molecule has 2 saturated heterocycles. The summed E-state index contributed by atoms with van der Waals surface area (Å²) in [7, 11) is 6.60. The van der Waals surface area contributed by atoms with Crippen molar-refractivity contribution < 1.29 is 29.2 Å². The van der Waals surface area contributed by atoms with Gasteiger partial charge in [0, 0.05) is 25.2 Å². The van der Waals surface area contributed by atoms with Crippen molar-refractivity contribution in [2.45, 2.75) is 62.1 Å². The largest absolute Gasteiger partial charge is 0.497 e. The van der Waals surface area contributed by atoms with Gasteiger partial charge >= 0.3 is 0 Å². The van der Waals surface area contributed by atoms with Crippen molar-refractivity contribution in [3.8, 4) is 23.0 Å². The molecule has 3 heterocycles. The molecule has 2 atom stereocenters. The Morgan fingerprint density at radius 1 is 0.500 bits per heavy atom. The van der Waals surface area contributed by atoms with Gasteiger partial charge in [-0.2, -0.15) is 0 Å². The number of likely N-dealkylation sites (tertiary alicyclic amines) is 2. The molecule has 0 spiro atoms. The van der Waals surface area contributed by atoms with Crippen molar-refractivity contribution in [2.75, 3.05) is 41.5 Å². The van der Waals surface area contributed by atoms with Crippen LogP contribution in [0.1, 0.15) is 59.3 Å². The highest BCUT2D eigenvalue weighted by atomic mass is 16.5. The molecule has 2 aliphatic heterocycles. The van der Waals surface area contributed by atoms with Crippen LogP contribution in [0.3, 0.4) is 0 Å². The highest BCUT2D eigenvalue weighted by Gasteiger charge is 2.47. The highest BCUT2D eigenvalue weighted by Crippen LogP contribution is 2.43. The molecular formula is C45H51N3O6. The summed E-state index contributed by atoms with van der Waals surface area (Å²) in [6.45, 7) is 2.88. The first-order chi connectivity index (χ1) is 26.3. The smallest absolute Gasteiger partial charge is 0.130 e. The van der Waals surface area contributed by atoms with E-state index in [1.165, 1.54) is 0 Å². The van der Waals surface area contributed by atoms with E-state index in [2.05, 4.69) is 28.0 Å². The van der Waals surface area contributed by atoms with Crippen LogP contribution in [0.5, 0.6) is 23.0 Å². The Labute approximate surface area is 318 Å². The van der Waals surface area contributed by atoms with Crippen LogP contribution in [-0.4, -0.2) is 78.6 Å². The molecule has 2 fully saturated rings. The lowest BCUT2D eigenvalue weighted by molar-refractivity contribution is -0.00771. The van der Waals surface area contributed by atoms with Gasteiger partial charge in [0.1, 0.15) is 34.2 Å². The van der Waals surface area contributed by atoms with E-state index < -0.39 is 11.2 Å². The summed E-state index contributed by atoms with van der Waals surface area (Å²) < 4.78 is 21.8. The Bertz CT molecular complexity index is 1730. The summed E-state index contributed by atoms with van der Waals surface area (Å²) in [4.78, 5) is 9.93. The number of hydrogen-bond acceptors (Lipinski definition) is 9. The van der Waals surface area contributed by atoms with E-state index in [0.29, 0.717) is 13.1 Å². The molecule has 0 bridgehead atoms. The molecule has 54 heavy (non-hydrogen) atoms. The first-order valence-electron chi connectivity index (χ1n) is 18.8. The Morgan fingerprint density at radius 2 is 0.796 bits per heavy atom. The molecule has 0 radical (unpaired) electrons. The van der Waals surface area contributed by atoms with Crippen molar-refractivity contribution in [1.82, 2.24) is 14.8 Å². The van der Waals surface area contributed by atoms with Crippen molar-refractivity contribution in [2.24, 2.45) is 0 Å². The normalized spacial score (nSPS) is 18.1. The lowest BCUT2D eigenvalue weighted by Crippen LogP contribution is -2.48. The number of aliphatic hydroxyl groups is 2. The predicted octanol–water partition coefficient (Wildman–Crippen LogP) is 6.92. The van der Waals surface area contributed by atoms with E-state index in [0.717, 1.165) is 95.4 Å². The Hall–Kier alpha value is -4.93. The number of rotatable bonds is 14. The number of nitrogens with zero attached hydrogens (tertiary/aromatic N) is 3. The minimum atomic E-state index is -1.28. The van der Waals surface area contributed by atoms with E-state index >= 15 is 0 Å². The molecule has 2 N–H and O–H groups in total. The van der Waals surface area contributed by atoms with Crippen LogP contribution in [0, 0.1) is 0 Å². The van der Waals surface area contributed by atoms with E-state index in [-0.39, 0.29) is 12.1 Å². The number of benzene rings is 4. The first-order valence-corrected chi connectivity index (χ1v) is 18.8. The fourth-order valence-corrected chi connectivity index (χ4v) is 8.58. The molecule has 282 valence electrons. The van der Waals surface area contributed by atoms with E-state index in [9.17, 15) is 10.2 Å². The molecule has 9 heteroatoms. The summed E-state index contributed by atoms with van der Waals surface area (Å²) >= 11 is 0. The first kappa shape index (κ1) is 37.4. The maximum absolute atomic E-state index is 12.8. The maximum Gasteiger partial charge on any atom is 0.130 e. The predicted molar refractivity (Wildman–Crippen MR) is 209 cm³/mol.